The number of H-pyrrole nitrogens is 1. The van der Waals surface area contributed by atoms with Crippen molar-refractivity contribution in [1.82, 2.24) is 9.97 Å². The molecule has 0 unspecified atom stereocenters. The Morgan fingerprint density at radius 1 is 0.935 bits per heavy atom. The van der Waals surface area contributed by atoms with Gasteiger partial charge in [-0.15, -0.1) is 0 Å². The van der Waals surface area contributed by atoms with E-state index in [0.29, 0.717) is 28.7 Å². The second-order valence-corrected chi connectivity index (χ2v) is 7.00. The van der Waals surface area contributed by atoms with Crippen molar-refractivity contribution in [3.8, 4) is 45.4 Å². The first-order valence-electron chi connectivity index (χ1n) is 9.65. The molecule has 0 spiro atoms. The summed E-state index contributed by atoms with van der Waals surface area (Å²) in [5.41, 5.74) is 4.72. The third kappa shape index (κ3) is 3.85. The third-order valence-electron chi connectivity index (χ3n) is 5.12. The van der Waals surface area contributed by atoms with E-state index in [1.54, 1.807) is 32.4 Å². The summed E-state index contributed by atoms with van der Waals surface area (Å²) in [5.74, 6) is 1.87. The normalized spacial score (nSPS) is 10.7. The molecule has 0 aliphatic heterocycles. The predicted molar refractivity (Wildman–Crippen MR) is 119 cm³/mol. The smallest absolute Gasteiger partial charge is 0.270 e. The van der Waals surface area contributed by atoms with Gasteiger partial charge in [0.2, 0.25) is 0 Å². The zero-order valence-corrected chi connectivity index (χ0v) is 17.4. The van der Waals surface area contributed by atoms with Gasteiger partial charge >= 0.3 is 0 Å². The number of aromatic amines is 1. The van der Waals surface area contributed by atoms with Crippen molar-refractivity contribution in [2.24, 2.45) is 0 Å². The minimum Gasteiger partial charge on any atom is -0.497 e. The fourth-order valence-electron chi connectivity index (χ4n) is 3.49. The van der Waals surface area contributed by atoms with Crippen molar-refractivity contribution in [3.05, 3.63) is 82.4 Å². The zero-order chi connectivity index (χ0) is 22.0. The molecular weight excluding hydrogens is 394 g/mol. The molecule has 0 atom stereocenters. The van der Waals surface area contributed by atoms with Crippen molar-refractivity contribution >= 4 is 5.69 Å². The summed E-state index contributed by atoms with van der Waals surface area (Å²) in [6, 6.07) is 20.0. The Bertz CT molecular complexity index is 1250. The Morgan fingerprint density at radius 3 is 2.39 bits per heavy atom. The van der Waals surface area contributed by atoms with E-state index in [2.05, 4.69) is 4.98 Å². The fraction of sp³-hybridized carbons (Fsp3) is 0.125. The standard InChI is InChI=1S/C24H21N3O4/c1-15-9-10-17(27(28)29)13-20(15)23-22(16-7-5-4-6-8-16)25-24(26-23)19-12-11-18(30-2)14-21(19)31-3/h4-14H,1-3H3,(H,25,26). The molecule has 0 saturated carbocycles. The quantitative estimate of drug-likeness (QED) is 0.325. The van der Waals surface area contributed by atoms with Gasteiger partial charge in [-0.1, -0.05) is 36.4 Å². The number of non-ortho nitro benzene ring substituents is 1. The highest BCUT2D eigenvalue weighted by Gasteiger charge is 2.20. The van der Waals surface area contributed by atoms with E-state index in [1.807, 2.05) is 49.4 Å². The van der Waals surface area contributed by atoms with Crippen molar-refractivity contribution in [2.75, 3.05) is 14.2 Å². The lowest BCUT2D eigenvalue weighted by Crippen LogP contribution is -1.92. The number of nitro benzene ring substituents is 1. The molecule has 0 fully saturated rings. The maximum Gasteiger partial charge on any atom is 0.270 e. The van der Waals surface area contributed by atoms with Gasteiger partial charge in [0.15, 0.2) is 0 Å². The van der Waals surface area contributed by atoms with Gasteiger partial charge in [0.1, 0.15) is 17.3 Å². The lowest BCUT2D eigenvalue weighted by molar-refractivity contribution is -0.384. The number of nitrogens with one attached hydrogen (secondary N) is 1. The van der Waals surface area contributed by atoms with Crippen LogP contribution in [0, 0.1) is 17.0 Å². The molecule has 0 aliphatic carbocycles. The first kappa shape index (κ1) is 20.2. The van der Waals surface area contributed by atoms with Crippen LogP contribution in [0.25, 0.3) is 33.9 Å². The molecule has 3 aromatic carbocycles. The fourth-order valence-corrected chi connectivity index (χ4v) is 3.49. The van der Waals surface area contributed by atoms with Crippen LogP contribution in [0.5, 0.6) is 11.5 Å². The Labute approximate surface area is 179 Å². The number of methoxy groups -OCH3 is 2. The molecule has 0 amide bonds. The van der Waals surface area contributed by atoms with Gasteiger partial charge in [-0.25, -0.2) is 4.98 Å². The minimum absolute atomic E-state index is 0.0257. The number of imidazole rings is 1. The molecular formula is C24H21N3O4. The average Bonchev–Trinajstić information content (AvgIpc) is 3.24. The number of hydrogen-bond donors (Lipinski definition) is 1. The monoisotopic (exact) mass is 415 g/mol. The van der Waals surface area contributed by atoms with Crippen LogP contribution in [0.2, 0.25) is 0 Å². The summed E-state index contributed by atoms with van der Waals surface area (Å²) in [7, 11) is 3.18. The van der Waals surface area contributed by atoms with Crippen LogP contribution in [-0.4, -0.2) is 29.1 Å². The van der Waals surface area contributed by atoms with E-state index < -0.39 is 4.92 Å². The summed E-state index contributed by atoms with van der Waals surface area (Å²) in [5, 5.41) is 11.4. The Hall–Kier alpha value is -4.13. The Kier molecular flexibility index (Phi) is 5.41. The third-order valence-corrected chi connectivity index (χ3v) is 5.12. The number of benzene rings is 3. The first-order valence-corrected chi connectivity index (χ1v) is 9.65. The summed E-state index contributed by atoms with van der Waals surface area (Å²) in [4.78, 5) is 19.2. The Morgan fingerprint density at radius 2 is 1.71 bits per heavy atom. The van der Waals surface area contributed by atoms with Gasteiger partial charge in [-0.2, -0.15) is 0 Å². The van der Waals surface area contributed by atoms with Gasteiger partial charge in [0.05, 0.1) is 36.1 Å². The molecule has 0 radical (unpaired) electrons. The molecule has 0 saturated heterocycles. The van der Waals surface area contributed by atoms with E-state index in [-0.39, 0.29) is 5.69 Å². The SMILES string of the molecule is COc1ccc(-c2nc(-c3ccccc3)c(-c3cc([N+](=O)[O-])ccc3C)[nH]2)c(OC)c1. The summed E-state index contributed by atoms with van der Waals surface area (Å²) in [6.07, 6.45) is 0. The maximum absolute atomic E-state index is 11.4. The molecule has 156 valence electrons. The molecule has 0 bridgehead atoms. The van der Waals surface area contributed by atoms with Gasteiger partial charge in [0, 0.05) is 29.3 Å². The van der Waals surface area contributed by atoms with E-state index in [1.165, 1.54) is 6.07 Å². The number of aromatic nitrogens is 2. The lowest BCUT2D eigenvalue weighted by atomic mass is 10.0. The summed E-state index contributed by atoms with van der Waals surface area (Å²) in [6.45, 7) is 1.92. The first-order chi connectivity index (χ1) is 15.0. The second kappa shape index (κ2) is 8.31. The molecule has 4 aromatic rings. The highest BCUT2D eigenvalue weighted by Crippen LogP contribution is 2.39. The van der Waals surface area contributed by atoms with Crippen LogP contribution in [0.1, 0.15) is 5.56 Å². The van der Waals surface area contributed by atoms with Gasteiger partial charge < -0.3 is 14.5 Å². The van der Waals surface area contributed by atoms with Crippen LogP contribution in [-0.2, 0) is 0 Å². The molecule has 31 heavy (non-hydrogen) atoms. The summed E-state index contributed by atoms with van der Waals surface area (Å²) >= 11 is 0. The molecule has 0 aliphatic rings. The second-order valence-electron chi connectivity index (χ2n) is 7.00. The average molecular weight is 415 g/mol. The largest absolute Gasteiger partial charge is 0.497 e. The topological polar surface area (TPSA) is 90.3 Å². The van der Waals surface area contributed by atoms with Crippen LogP contribution in [0.15, 0.2) is 66.7 Å². The molecule has 4 rings (SSSR count). The number of ether oxygens (including phenoxy) is 2. The number of aryl methyl sites for hydroxylation is 1. The van der Waals surface area contributed by atoms with E-state index in [9.17, 15) is 10.1 Å². The number of hydrogen-bond acceptors (Lipinski definition) is 5. The molecule has 7 nitrogen and oxygen atoms in total. The van der Waals surface area contributed by atoms with Gasteiger partial charge in [-0.05, 0) is 24.6 Å². The van der Waals surface area contributed by atoms with Crippen molar-refractivity contribution in [2.45, 2.75) is 6.92 Å². The van der Waals surface area contributed by atoms with Gasteiger partial charge in [0.25, 0.3) is 5.69 Å². The molecule has 1 N–H and O–H groups in total. The van der Waals surface area contributed by atoms with Crippen molar-refractivity contribution < 1.29 is 14.4 Å². The number of nitro groups is 1. The van der Waals surface area contributed by atoms with Crippen molar-refractivity contribution in [1.29, 1.82) is 0 Å². The van der Waals surface area contributed by atoms with Crippen LogP contribution < -0.4 is 9.47 Å². The number of rotatable bonds is 6. The summed E-state index contributed by atoms with van der Waals surface area (Å²) < 4.78 is 10.8. The molecule has 1 aromatic heterocycles. The number of nitrogens with zero attached hydrogens (tertiary/aromatic N) is 2. The van der Waals surface area contributed by atoms with E-state index in [4.69, 9.17) is 14.5 Å². The minimum atomic E-state index is -0.394. The maximum atomic E-state index is 11.4. The van der Waals surface area contributed by atoms with E-state index >= 15 is 0 Å². The zero-order valence-electron chi connectivity index (χ0n) is 17.4. The van der Waals surface area contributed by atoms with Gasteiger partial charge in [-0.3, -0.25) is 10.1 Å². The highest BCUT2D eigenvalue weighted by molar-refractivity contribution is 5.84. The van der Waals surface area contributed by atoms with Crippen LogP contribution in [0.4, 0.5) is 5.69 Å². The molecule has 7 heteroatoms. The van der Waals surface area contributed by atoms with Crippen LogP contribution >= 0.6 is 0 Å². The predicted octanol–water partition coefficient (Wildman–Crippen LogP) is 5.64. The lowest BCUT2D eigenvalue weighted by Gasteiger charge is -2.08. The Balaban J connectivity index is 1.96. The molecule has 1 heterocycles. The van der Waals surface area contributed by atoms with E-state index in [0.717, 1.165) is 22.3 Å². The van der Waals surface area contributed by atoms with Crippen molar-refractivity contribution in [3.63, 3.8) is 0 Å². The van der Waals surface area contributed by atoms with Crippen LogP contribution in [0.3, 0.4) is 0 Å². The highest BCUT2D eigenvalue weighted by atomic mass is 16.6.